The Morgan fingerprint density at radius 2 is 0.696 bits per heavy atom. The fourth-order valence-electron chi connectivity index (χ4n) is 8.63. The summed E-state index contributed by atoms with van der Waals surface area (Å²) < 4.78 is 2.65. The number of benzene rings is 9. The second-order valence-electron chi connectivity index (χ2n) is 14.4. The molecule has 0 spiro atoms. The molecule has 2 heteroatoms. The van der Waals surface area contributed by atoms with E-state index < -0.39 is 0 Å². The molecule has 0 saturated carbocycles. The van der Waals surface area contributed by atoms with Crippen molar-refractivity contribution in [3.8, 4) is 66.8 Å². The lowest BCUT2D eigenvalue weighted by atomic mass is 9.81. The van der Waals surface area contributed by atoms with Gasteiger partial charge < -0.3 is 4.90 Å². The number of hydrogen-bond acceptors (Lipinski definition) is 2. The minimum Gasteiger partial charge on any atom is -0.310 e. The molecule has 1 nitrogen and oxygen atoms in total. The van der Waals surface area contributed by atoms with E-state index in [0.29, 0.717) is 0 Å². The van der Waals surface area contributed by atoms with Gasteiger partial charge in [-0.15, -0.1) is 11.3 Å². The zero-order valence-corrected chi connectivity index (χ0v) is 31.4. The molecular weight excluding hydrogens is 695 g/mol. The second-order valence-corrected chi connectivity index (χ2v) is 15.5. The van der Waals surface area contributed by atoms with Gasteiger partial charge in [0, 0.05) is 37.2 Å². The van der Waals surface area contributed by atoms with Crippen LogP contribution >= 0.6 is 11.3 Å². The third-order valence-corrected chi connectivity index (χ3v) is 12.5. The Morgan fingerprint density at radius 3 is 1.30 bits per heavy atom. The van der Waals surface area contributed by atoms with Gasteiger partial charge in [0.05, 0.1) is 0 Å². The molecule has 1 aliphatic carbocycles. The average Bonchev–Trinajstić information content (AvgIpc) is 3.66. The van der Waals surface area contributed by atoms with E-state index in [-0.39, 0.29) is 0 Å². The lowest BCUT2D eigenvalue weighted by Crippen LogP contribution is -2.10. The maximum Gasteiger partial charge on any atom is 0.0468 e. The lowest BCUT2D eigenvalue weighted by Gasteiger charge is -2.28. The summed E-state index contributed by atoms with van der Waals surface area (Å²) in [7, 11) is 0. The second kappa shape index (κ2) is 13.4. The molecular formula is C54H35NS. The Labute approximate surface area is 331 Å². The molecule has 56 heavy (non-hydrogen) atoms. The minimum atomic E-state index is 1.11. The van der Waals surface area contributed by atoms with Crippen molar-refractivity contribution < 1.29 is 0 Å². The van der Waals surface area contributed by atoms with Gasteiger partial charge in [-0.3, -0.25) is 0 Å². The van der Waals surface area contributed by atoms with Crippen LogP contribution < -0.4 is 4.90 Å². The quantitative estimate of drug-likeness (QED) is 0.170. The lowest BCUT2D eigenvalue weighted by molar-refractivity contribution is 1.28. The van der Waals surface area contributed by atoms with Crippen LogP contribution in [0, 0.1) is 0 Å². The van der Waals surface area contributed by atoms with Crippen molar-refractivity contribution in [2.24, 2.45) is 0 Å². The van der Waals surface area contributed by atoms with E-state index in [2.05, 4.69) is 217 Å². The van der Waals surface area contributed by atoms with Gasteiger partial charge in [-0.25, -0.2) is 0 Å². The Morgan fingerprint density at radius 1 is 0.268 bits per heavy atom. The monoisotopic (exact) mass is 729 g/mol. The first kappa shape index (κ1) is 32.4. The number of nitrogens with zero attached hydrogens (tertiary/aromatic N) is 1. The van der Waals surface area contributed by atoms with Gasteiger partial charge in [0.1, 0.15) is 0 Å². The smallest absolute Gasteiger partial charge is 0.0468 e. The summed E-state index contributed by atoms with van der Waals surface area (Å²) in [5, 5.41) is 2.64. The summed E-state index contributed by atoms with van der Waals surface area (Å²) in [6.45, 7) is 0. The number of fused-ring (bicyclic) bond motifs is 11. The molecule has 0 fully saturated rings. The topological polar surface area (TPSA) is 3.24 Å². The normalized spacial score (nSPS) is 11.6. The highest BCUT2D eigenvalue weighted by Gasteiger charge is 2.23. The van der Waals surface area contributed by atoms with E-state index >= 15 is 0 Å². The maximum atomic E-state index is 2.40. The van der Waals surface area contributed by atoms with Gasteiger partial charge in [-0.05, 0) is 109 Å². The average molecular weight is 730 g/mol. The van der Waals surface area contributed by atoms with Crippen molar-refractivity contribution >= 4 is 48.6 Å². The summed E-state index contributed by atoms with van der Waals surface area (Å²) in [5.74, 6) is 0. The van der Waals surface area contributed by atoms with E-state index in [9.17, 15) is 0 Å². The molecule has 0 atom stereocenters. The first-order chi connectivity index (χ1) is 27.8. The molecule has 11 rings (SSSR count). The van der Waals surface area contributed by atoms with Crippen molar-refractivity contribution in [3.63, 3.8) is 0 Å². The molecule has 0 bridgehead atoms. The third kappa shape index (κ3) is 5.38. The number of rotatable bonds is 5. The van der Waals surface area contributed by atoms with Gasteiger partial charge in [0.2, 0.25) is 0 Å². The van der Waals surface area contributed by atoms with Gasteiger partial charge in [-0.2, -0.15) is 0 Å². The van der Waals surface area contributed by atoms with Gasteiger partial charge >= 0.3 is 0 Å². The largest absolute Gasteiger partial charge is 0.310 e. The summed E-state index contributed by atoms with van der Waals surface area (Å²) in [6, 6.07) is 77.8. The maximum absolute atomic E-state index is 2.40. The van der Waals surface area contributed by atoms with Crippen LogP contribution in [-0.2, 0) is 0 Å². The molecule has 0 radical (unpaired) electrons. The van der Waals surface area contributed by atoms with Crippen LogP contribution in [0.1, 0.15) is 0 Å². The molecule has 1 aromatic heterocycles. The van der Waals surface area contributed by atoms with Crippen LogP contribution in [-0.4, -0.2) is 0 Å². The molecule has 0 unspecified atom stereocenters. The Bertz CT molecular complexity index is 3060. The van der Waals surface area contributed by atoms with E-state index in [1.165, 1.54) is 86.9 Å². The third-order valence-electron chi connectivity index (χ3n) is 11.3. The van der Waals surface area contributed by atoms with Crippen molar-refractivity contribution in [2.75, 3.05) is 4.90 Å². The SMILES string of the molecule is c1ccc(-c2ccc(N(c3ccc(-c4cccc5c4sc4ccccc45)cc3)c3ccc4c(c3)-c3ccccc3-c3ccccc3-c3ccccc3-4)cc2)cc1. The highest BCUT2D eigenvalue weighted by atomic mass is 32.1. The van der Waals surface area contributed by atoms with Gasteiger partial charge in [-0.1, -0.05) is 170 Å². The van der Waals surface area contributed by atoms with Crippen LogP contribution in [0.3, 0.4) is 0 Å². The van der Waals surface area contributed by atoms with Crippen molar-refractivity contribution in [3.05, 3.63) is 212 Å². The molecule has 1 heterocycles. The number of thiophene rings is 1. The predicted molar refractivity (Wildman–Crippen MR) is 240 cm³/mol. The summed E-state index contributed by atoms with van der Waals surface area (Å²) in [5.41, 5.74) is 18.2. The van der Waals surface area contributed by atoms with Crippen LogP contribution in [0.15, 0.2) is 212 Å². The Balaban J connectivity index is 1.09. The number of hydrogen-bond donors (Lipinski definition) is 0. The highest BCUT2D eigenvalue weighted by Crippen LogP contribution is 2.50. The first-order valence-electron chi connectivity index (χ1n) is 19.2. The van der Waals surface area contributed by atoms with E-state index in [4.69, 9.17) is 0 Å². The first-order valence-corrected chi connectivity index (χ1v) is 20.0. The molecule has 0 N–H and O–H groups in total. The van der Waals surface area contributed by atoms with Gasteiger partial charge in [0.15, 0.2) is 0 Å². The van der Waals surface area contributed by atoms with E-state index in [1.807, 2.05) is 11.3 Å². The summed E-state index contributed by atoms with van der Waals surface area (Å²) in [6.07, 6.45) is 0. The zero-order valence-electron chi connectivity index (χ0n) is 30.6. The standard InChI is InChI=1S/C54H35NS/c1-2-13-36(14-3-1)37-25-29-39(30-26-37)55(40-31-27-38(28-32-40)42-22-12-23-51-50-21-10-11-24-53(50)56-54(42)51)41-33-34-49-47-19-7-6-17-45(47)43-15-4-5-16-44(43)46-18-8-9-20-48(46)52(49)35-41/h1-35H. The van der Waals surface area contributed by atoms with E-state index in [1.54, 1.807) is 0 Å². The molecule has 0 aliphatic heterocycles. The van der Waals surface area contributed by atoms with Crippen LogP contribution in [0.5, 0.6) is 0 Å². The van der Waals surface area contributed by atoms with Crippen LogP contribution in [0.25, 0.3) is 86.9 Å². The molecule has 10 aromatic rings. The Hall–Kier alpha value is -7.00. The highest BCUT2D eigenvalue weighted by molar-refractivity contribution is 7.26. The fourth-order valence-corrected chi connectivity index (χ4v) is 9.87. The summed E-state index contributed by atoms with van der Waals surface area (Å²) in [4.78, 5) is 2.40. The fraction of sp³-hybridized carbons (Fsp3) is 0. The predicted octanol–water partition coefficient (Wildman–Crippen LogP) is 15.8. The van der Waals surface area contributed by atoms with Crippen molar-refractivity contribution in [1.82, 2.24) is 0 Å². The molecule has 9 aromatic carbocycles. The van der Waals surface area contributed by atoms with Crippen molar-refractivity contribution in [1.29, 1.82) is 0 Å². The minimum absolute atomic E-state index is 1.11. The zero-order chi connectivity index (χ0) is 37.0. The van der Waals surface area contributed by atoms with E-state index in [0.717, 1.165) is 17.1 Å². The van der Waals surface area contributed by atoms with Crippen LogP contribution in [0.2, 0.25) is 0 Å². The number of anilines is 3. The van der Waals surface area contributed by atoms with Crippen LogP contribution in [0.4, 0.5) is 17.1 Å². The van der Waals surface area contributed by atoms with Crippen molar-refractivity contribution in [2.45, 2.75) is 0 Å². The Kier molecular flexibility index (Phi) is 7.75. The summed E-state index contributed by atoms with van der Waals surface area (Å²) >= 11 is 1.88. The molecule has 1 aliphatic rings. The molecule has 262 valence electrons. The molecule has 0 amide bonds. The van der Waals surface area contributed by atoms with Gasteiger partial charge in [0.25, 0.3) is 0 Å². The molecule has 0 saturated heterocycles.